The lowest BCUT2D eigenvalue weighted by Gasteiger charge is -2.35. The lowest BCUT2D eigenvalue weighted by atomic mass is 10.0. The summed E-state index contributed by atoms with van der Waals surface area (Å²) in [6.45, 7) is 6.46. The van der Waals surface area contributed by atoms with Crippen LogP contribution >= 0.6 is 12.2 Å². The summed E-state index contributed by atoms with van der Waals surface area (Å²) >= 11 is 5.42. The summed E-state index contributed by atoms with van der Waals surface area (Å²) in [6, 6.07) is 14.2. The van der Waals surface area contributed by atoms with Gasteiger partial charge in [0.2, 0.25) is 0 Å². The van der Waals surface area contributed by atoms with Gasteiger partial charge in [0.1, 0.15) is 5.82 Å². The Morgan fingerprint density at radius 2 is 1.74 bits per heavy atom. The molecule has 2 aromatic carbocycles. The first kappa shape index (κ1) is 24.4. The maximum absolute atomic E-state index is 13.1. The van der Waals surface area contributed by atoms with E-state index in [-0.39, 0.29) is 17.8 Å². The van der Waals surface area contributed by atoms with Crippen LogP contribution in [0.3, 0.4) is 0 Å². The van der Waals surface area contributed by atoms with Crippen molar-refractivity contribution >= 4 is 34.6 Å². The van der Waals surface area contributed by atoms with Crippen LogP contribution in [-0.2, 0) is 4.74 Å². The number of carbonyl (C=O) groups excluding carboxylic acids is 1. The van der Waals surface area contributed by atoms with Crippen LogP contribution < -0.4 is 20.9 Å². The highest BCUT2D eigenvalue weighted by atomic mass is 32.1. The normalized spacial score (nSPS) is 17.3. The smallest absolute Gasteiger partial charge is 0.253 e. The van der Waals surface area contributed by atoms with Crippen LogP contribution in [0.2, 0.25) is 0 Å². The van der Waals surface area contributed by atoms with Gasteiger partial charge in [0.05, 0.1) is 18.8 Å². The Hall–Kier alpha value is -2.75. The van der Waals surface area contributed by atoms with Crippen molar-refractivity contribution in [1.82, 2.24) is 15.5 Å². The van der Waals surface area contributed by atoms with Gasteiger partial charge in [0.25, 0.3) is 5.91 Å². The number of nitrogens with one attached hydrogen (secondary N) is 3. The lowest BCUT2D eigenvalue weighted by Crippen LogP contribution is -2.46. The predicted molar refractivity (Wildman–Crippen MR) is 137 cm³/mol. The number of thiocarbonyl (C=S) groups is 1. The van der Waals surface area contributed by atoms with Crippen LogP contribution in [0.25, 0.3) is 0 Å². The van der Waals surface area contributed by atoms with Crippen molar-refractivity contribution in [2.45, 2.75) is 18.9 Å². The molecule has 0 aromatic heterocycles. The average Bonchev–Trinajstić information content (AvgIpc) is 2.86. The van der Waals surface area contributed by atoms with Gasteiger partial charge < -0.3 is 25.6 Å². The summed E-state index contributed by atoms with van der Waals surface area (Å²) < 4.78 is 18.5. The zero-order chi connectivity index (χ0) is 23.8. The third-order valence-electron chi connectivity index (χ3n) is 6.24. The lowest BCUT2D eigenvalue weighted by molar-refractivity contribution is 0.0383. The Morgan fingerprint density at radius 1 is 1.03 bits per heavy atom. The van der Waals surface area contributed by atoms with Gasteiger partial charge >= 0.3 is 0 Å². The molecule has 3 N–H and O–H groups in total. The molecular formula is C25H32FN5O2S. The van der Waals surface area contributed by atoms with Crippen LogP contribution in [-0.4, -0.2) is 74.4 Å². The summed E-state index contributed by atoms with van der Waals surface area (Å²) in [5.74, 6) is -0.309. The Balaban J connectivity index is 1.25. The Morgan fingerprint density at radius 3 is 2.47 bits per heavy atom. The van der Waals surface area contributed by atoms with Crippen LogP contribution in [0.15, 0.2) is 48.5 Å². The summed E-state index contributed by atoms with van der Waals surface area (Å²) in [5.41, 5.74) is 2.44. The number of morpholine rings is 1. The van der Waals surface area contributed by atoms with Gasteiger partial charge in [-0.25, -0.2) is 4.39 Å². The highest BCUT2D eigenvalue weighted by Gasteiger charge is 2.23. The number of halogens is 1. The van der Waals surface area contributed by atoms with Crippen molar-refractivity contribution < 1.29 is 13.9 Å². The number of nitrogens with zero attached hydrogens (tertiary/aromatic N) is 2. The first-order valence-corrected chi connectivity index (χ1v) is 12.2. The standard InChI is InChI=1S/C25H32FN5O2S/c26-19-5-7-20(8-6-19)28-25(34)29-21-9-12-31(13-10-21)23-4-2-1-3-22(23)24(32)27-11-14-30-15-17-33-18-16-30/h1-8,21H,9-18H2,(H,27,32)(H2,28,29,34). The van der Waals surface area contributed by atoms with Crippen molar-refractivity contribution in [3.8, 4) is 0 Å². The van der Waals surface area contributed by atoms with Crippen LogP contribution in [0.4, 0.5) is 15.8 Å². The van der Waals surface area contributed by atoms with Gasteiger partial charge in [0.15, 0.2) is 5.11 Å². The van der Waals surface area contributed by atoms with Gasteiger partial charge in [-0.05, 0) is 61.5 Å². The molecule has 2 aromatic rings. The molecular weight excluding hydrogens is 453 g/mol. The van der Waals surface area contributed by atoms with E-state index >= 15 is 0 Å². The number of carbonyl (C=O) groups is 1. The third kappa shape index (κ3) is 6.88. The van der Waals surface area contributed by atoms with Gasteiger partial charge in [-0.15, -0.1) is 0 Å². The Bertz CT molecular complexity index is 960. The summed E-state index contributed by atoms with van der Waals surface area (Å²) in [7, 11) is 0. The third-order valence-corrected chi connectivity index (χ3v) is 6.46. The average molecular weight is 486 g/mol. The van der Waals surface area contributed by atoms with E-state index in [9.17, 15) is 9.18 Å². The zero-order valence-corrected chi connectivity index (χ0v) is 20.1. The van der Waals surface area contributed by atoms with Gasteiger partial charge in [-0.3, -0.25) is 9.69 Å². The topological polar surface area (TPSA) is 68.9 Å². The van der Waals surface area contributed by atoms with Gasteiger partial charge in [-0.2, -0.15) is 0 Å². The molecule has 0 saturated carbocycles. The van der Waals surface area contributed by atoms with E-state index in [4.69, 9.17) is 17.0 Å². The molecule has 2 fully saturated rings. The fraction of sp³-hybridized carbons (Fsp3) is 0.440. The fourth-order valence-corrected chi connectivity index (χ4v) is 4.62. The number of para-hydroxylation sites is 1. The molecule has 0 radical (unpaired) electrons. The first-order chi connectivity index (χ1) is 16.6. The minimum Gasteiger partial charge on any atom is -0.379 e. The first-order valence-electron chi connectivity index (χ1n) is 11.8. The molecule has 182 valence electrons. The highest BCUT2D eigenvalue weighted by Crippen LogP contribution is 2.24. The van der Waals surface area contributed by atoms with E-state index < -0.39 is 0 Å². The number of benzene rings is 2. The number of ether oxygens (including phenoxy) is 1. The van der Waals surface area contributed by atoms with Crippen molar-refractivity contribution in [2.75, 3.05) is 62.7 Å². The van der Waals surface area contributed by atoms with E-state index in [1.54, 1.807) is 12.1 Å². The number of anilines is 2. The molecule has 4 rings (SSSR count). The number of amides is 1. The second-order valence-electron chi connectivity index (χ2n) is 8.59. The summed E-state index contributed by atoms with van der Waals surface area (Å²) in [5, 5.41) is 10.1. The zero-order valence-electron chi connectivity index (χ0n) is 19.3. The van der Waals surface area contributed by atoms with Crippen LogP contribution in [0.1, 0.15) is 23.2 Å². The van der Waals surface area contributed by atoms with Crippen molar-refractivity contribution in [3.63, 3.8) is 0 Å². The molecule has 34 heavy (non-hydrogen) atoms. The molecule has 9 heteroatoms. The van der Waals surface area contributed by atoms with Crippen LogP contribution in [0, 0.1) is 5.82 Å². The Kier molecular flexibility index (Phi) is 8.67. The number of hydrogen-bond donors (Lipinski definition) is 3. The van der Waals surface area contributed by atoms with E-state index in [2.05, 4.69) is 25.8 Å². The molecule has 2 saturated heterocycles. The van der Waals surface area contributed by atoms with E-state index in [0.29, 0.717) is 17.2 Å². The second-order valence-corrected chi connectivity index (χ2v) is 9.00. The summed E-state index contributed by atoms with van der Waals surface area (Å²) in [6.07, 6.45) is 1.80. The molecule has 2 heterocycles. The van der Waals surface area contributed by atoms with Crippen molar-refractivity contribution in [3.05, 3.63) is 59.9 Å². The minimum atomic E-state index is -0.275. The quantitative estimate of drug-likeness (QED) is 0.521. The van der Waals surface area contributed by atoms with E-state index in [1.165, 1.54) is 12.1 Å². The highest BCUT2D eigenvalue weighted by molar-refractivity contribution is 7.80. The van der Waals surface area contributed by atoms with Crippen molar-refractivity contribution in [1.29, 1.82) is 0 Å². The number of hydrogen-bond acceptors (Lipinski definition) is 5. The molecule has 0 atom stereocenters. The maximum Gasteiger partial charge on any atom is 0.253 e. The largest absolute Gasteiger partial charge is 0.379 e. The second kappa shape index (κ2) is 12.1. The molecule has 0 bridgehead atoms. The molecule has 2 aliphatic rings. The molecule has 0 spiro atoms. The maximum atomic E-state index is 13.1. The number of rotatable bonds is 7. The predicted octanol–water partition coefficient (Wildman–Crippen LogP) is 2.84. The molecule has 2 aliphatic heterocycles. The molecule has 0 aliphatic carbocycles. The van der Waals surface area contributed by atoms with E-state index in [1.807, 2.05) is 24.3 Å². The molecule has 1 amide bonds. The van der Waals surface area contributed by atoms with E-state index in [0.717, 1.165) is 70.2 Å². The monoisotopic (exact) mass is 485 g/mol. The summed E-state index contributed by atoms with van der Waals surface area (Å²) in [4.78, 5) is 17.5. The Labute approximate surface area is 205 Å². The van der Waals surface area contributed by atoms with Crippen molar-refractivity contribution in [2.24, 2.45) is 0 Å². The number of piperidine rings is 1. The minimum absolute atomic E-state index is 0.0335. The van der Waals surface area contributed by atoms with Crippen LogP contribution in [0.5, 0.6) is 0 Å². The fourth-order valence-electron chi connectivity index (χ4n) is 4.34. The molecule has 7 nitrogen and oxygen atoms in total. The van der Waals surface area contributed by atoms with Gasteiger partial charge in [-0.1, -0.05) is 12.1 Å². The van der Waals surface area contributed by atoms with Gasteiger partial charge in [0, 0.05) is 56.7 Å². The molecule has 0 unspecified atom stereocenters. The SMILES string of the molecule is O=C(NCCN1CCOCC1)c1ccccc1N1CCC(NC(=S)Nc2ccc(F)cc2)CC1.